The van der Waals surface area contributed by atoms with Crippen LogP contribution in [0.3, 0.4) is 0 Å². The predicted octanol–water partition coefficient (Wildman–Crippen LogP) is 13.2. The van der Waals surface area contributed by atoms with Crippen molar-refractivity contribution in [3.63, 3.8) is 0 Å². The molecule has 0 saturated heterocycles. The summed E-state index contributed by atoms with van der Waals surface area (Å²) in [5.41, 5.74) is 8.26. The molecule has 0 aromatic heterocycles. The third kappa shape index (κ3) is 13.8. The lowest BCUT2D eigenvalue weighted by molar-refractivity contribution is 0.173. The molecule has 5 heteroatoms. The first-order valence-electron chi connectivity index (χ1n) is 21.2. The van der Waals surface area contributed by atoms with Crippen LogP contribution in [0, 0.1) is 5.92 Å². The fourth-order valence-electron chi connectivity index (χ4n) is 7.67. The van der Waals surface area contributed by atoms with Crippen LogP contribution in [0.4, 0.5) is 0 Å². The van der Waals surface area contributed by atoms with Gasteiger partial charge in [0.1, 0.15) is 0 Å². The predicted molar refractivity (Wildman–Crippen MR) is 245 cm³/mol. The Labute approximate surface area is 340 Å². The van der Waals surface area contributed by atoms with Crippen molar-refractivity contribution in [1.29, 1.82) is 0 Å². The Hall–Kier alpha value is -2.55. The van der Waals surface area contributed by atoms with E-state index in [1.54, 1.807) is 0 Å². The SMILES string of the molecule is CC(C)=CCC/C(=C/CC/C(C)=C/C[C@@H]1CC[C@@H](O)C(CC/C(C)=C/CO[Si](C)(C)C(C)(C)C)=C1C)CO[Si](c1ccccc1)(c1ccccc1)C(C)(C)C. The van der Waals surface area contributed by atoms with Gasteiger partial charge < -0.3 is 14.0 Å². The molecule has 2 atom stereocenters. The standard InChI is InChI=1S/C50H78O3Si2/c1-39(2)22-20-24-43(38-53-55(50(9,10)11,45-26-16-14-17-27-45)46-28-18-15-19-29-46)25-21-23-40(3)30-32-44-33-35-48(51)47(42(44)5)34-31-41(4)36-37-52-54(12,13)49(6,7)8/h14-19,22,25-30,36,44,48,51H,20-21,23-24,31-35,37-38H2,1-13H3/b40-30+,41-36+,43-25-/t44-,48-/m1/s1. The third-order valence-corrected chi connectivity index (χ3v) is 21.9. The summed E-state index contributed by atoms with van der Waals surface area (Å²) in [5.74, 6) is 0.509. The Morgan fingerprint density at radius 2 is 1.27 bits per heavy atom. The summed E-state index contributed by atoms with van der Waals surface area (Å²) in [4.78, 5) is 0. The summed E-state index contributed by atoms with van der Waals surface area (Å²) in [7, 11) is -4.36. The van der Waals surface area contributed by atoms with Crippen molar-refractivity contribution in [3.8, 4) is 0 Å². The topological polar surface area (TPSA) is 38.7 Å². The molecule has 0 bridgehead atoms. The summed E-state index contributed by atoms with van der Waals surface area (Å²) in [5, 5.41) is 13.9. The molecule has 0 unspecified atom stereocenters. The van der Waals surface area contributed by atoms with Crippen LogP contribution in [0.1, 0.15) is 134 Å². The second-order valence-corrected chi connectivity index (χ2v) is 28.2. The molecule has 0 heterocycles. The summed E-state index contributed by atoms with van der Waals surface area (Å²) < 4.78 is 13.8. The molecule has 0 amide bonds. The molecule has 0 aliphatic heterocycles. The van der Waals surface area contributed by atoms with E-state index >= 15 is 0 Å². The molecular formula is C50H78O3Si2. The van der Waals surface area contributed by atoms with Gasteiger partial charge in [-0.25, -0.2) is 0 Å². The van der Waals surface area contributed by atoms with E-state index in [9.17, 15) is 5.11 Å². The van der Waals surface area contributed by atoms with Gasteiger partial charge in [0.25, 0.3) is 8.32 Å². The van der Waals surface area contributed by atoms with Crippen molar-refractivity contribution in [2.24, 2.45) is 5.92 Å². The van der Waals surface area contributed by atoms with E-state index in [1.165, 1.54) is 43.8 Å². The first-order valence-corrected chi connectivity index (χ1v) is 26.0. The second kappa shape index (κ2) is 21.3. The van der Waals surface area contributed by atoms with Gasteiger partial charge >= 0.3 is 0 Å². The summed E-state index contributed by atoms with van der Waals surface area (Å²) >= 11 is 0. The maximum atomic E-state index is 11.0. The van der Waals surface area contributed by atoms with E-state index in [0.29, 0.717) is 19.1 Å². The molecule has 0 radical (unpaired) electrons. The van der Waals surface area contributed by atoms with E-state index in [1.807, 2.05) is 0 Å². The van der Waals surface area contributed by atoms with Gasteiger partial charge in [0, 0.05) is 0 Å². The Morgan fingerprint density at radius 1 is 0.709 bits per heavy atom. The highest BCUT2D eigenvalue weighted by molar-refractivity contribution is 6.99. The third-order valence-electron chi connectivity index (χ3n) is 12.4. The molecular weight excluding hydrogens is 705 g/mol. The molecule has 2 aromatic rings. The Balaban J connectivity index is 1.70. The quantitative estimate of drug-likeness (QED) is 0.114. The van der Waals surface area contributed by atoms with Crippen LogP contribution in [0.2, 0.25) is 23.2 Å². The molecule has 3 nitrogen and oxygen atoms in total. The fraction of sp³-hybridized carbons (Fsp3) is 0.560. The smallest absolute Gasteiger partial charge is 0.261 e. The number of allylic oxidation sites excluding steroid dienone is 7. The molecule has 3 rings (SSSR count). The van der Waals surface area contributed by atoms with Crippen molar-refractivity contribution in [1.82, 2.24) is 0 Å². The zero-order valence-corrected chi connectivity index (χ0v) is 39.3. The van der Waals surface area contributed by atoms with Crippen molar-refractivity contribution < 1.29 is 14.0 Å². The van der Waals surface area contributed by atoms with Gasteiger partial charge in [0.15, 0.2) is 8.32 Å². The number of aliphatic hydroxyl groups excluding tert-OH is 1. The number of aliphatic hydroxyl groups is 1. The average Bonchev–Trinajstić information content (AvgIpc) is 3.11. The van der Waals surface area contributed by atoms with Crippen molar-refractivity contribution >= 4 is 27.0 Å². The van der Waals surface area contributed by atoms with Gasteiger partial charge in [-0.05, 0) is 143 Å². The van der Waals surface area contributed by atoms with Crippen molar-refractivity contribution in [2.75, 3.05) is 13.2 Å². The van der Waals surface area contributed by atoms with E-state index < -0.39 is 16.6 Å². The van der Waals surface area contributed by atoms with Crippen LogP contribution >= 0.6 is 0 Å². The minimum absolute atomic E-state index is 0.0449. The molecule has 1 aliphatic carbocycles. The number of benzene rings is 2. The second-order valence-electron chi connectivity index (χ2n) is 19.1. The van der Waals surface area contributed by atoms with Gasteiger partial charge in [-0.2, -0.15) is 0 Å². The Morgan fingerprint density at radius 3 is 1.82 bits per heavy atom. The first-order chi connectivity index (χ1) is 25.8. The average molecular weight is 783 g/mol. The zero-order valence-electron chi connectivity index (χ0n) is 37.3. The van der Waals surface area contributed by atoms with Gasteiger partial charge in [-0.15, -0.1) is 0 Å². The zero-order chi connectivity index (χ0) is 40.9. The molecule has 0 fully saturated rings. The van der Waals surface area contributed by atoms with Gasteiger partial charge in [0.2, 0.25) is 0 Å². The van der Waals surface area contributed by atoms with Crippen LogP contribution < -0.4 is 10.4 Å². The highest BCUT2D eigenvalue weighted by Gasteiger charge is 2.50. The van der Waals surface area contributed by atoms with E-state index in [4.69, 9.17) is 8.85 Å². The van der Waals surface area contributed by atoms with Gasteiger partial charge in [-0.3, -0.25) is 0 Å². The molecule has 0 saturated carbocycles. The summed E-state index contributed by atoms with van der Waals surface area (Å²) in [6.07, 6.45) is 18.3. The molecule has 2 aromatic carbocycles. The summed E-state index contributed by atoms with van der Waals surface area (Å²) in [6.45, 7) is 31.1. The van der Waals surface area contributed by atoms with Crippen molar-refractivity contribution in [3.05, 3.63) is 118 Å². The minimum atomic E-state index is -2.61. The fourth-order valence-corrected chi connectivity index (χ4v) is 13.2. The normalized spacial score (nSPS) is 18.2. The van der Waals surface area contributed by atoms with Gasteiger partial charge in [-0.1, -0.05) is 149 Å². The number of rotatable bonds is 19. The largest absolute Gasteiger partial charge is 0.413 e. The lowest BCUT2D eigenvalue weighted by Gasteiger charge is -2.43. The van der Waals surface area contributed by atoms with E-state index in [-0.39, 0.29) is 16.2 Å². The minimum Gasteiger partial charge on any atom is -0.413 e. The number of hydrogen-bond acceptors (Lipinski definition) is 3. The molecule has 1 N–H and O–H groups in total. The highest BCUT2D eigenvalue weighted by Crippen LogP contribution is 2.39. The lowest BCUT2D eigenvalue weighted by Crippen LogP contribution is -2.66. The van der Waals surface area contributed by atoms with Crippen LogP contribution in [-0.4, -0.2) is 41.1 Å². The monoisotopic (exact) mass is 783 g/mol. The lowest BCUT2D eigenvalue weighted by atomic mass is 9.78. The van der Waals surface area contributed by atoms with Crippen molar-refractivity contribution in [2.45, 2.75) is 163 Å². The highest BCUT2D eigenvalue weighted by atomic mass is 28.4. The molecule has 0 spiro atoms. The van der Waals surface area contributed by atoms with Crippen LogP contribution in [0.15, 0.2) is 118 Å². The Kier molecular flexibility index (Phi) is 18.1. The van der Waals surface area contributed by atoms with E-state index in [2.05, 4.69) is 174 Å². The van der Waals surface area contributed by atoms with Crippen LogP contribution in [0.5, 0.6) is 0 Å². The van der Waals surface area contributed by atoms with E-state index in [0.717, 1.165) is 57.8 Å². The Bertz CT molecular complexity index is 1590. The summed E-state index contributed by atoms with van der Waals surface area (Å²) in [6, 6.07) is 22.0. The number of hydrogen-bond donors (Lipinski definition) is 1. The van der Waals surface area contributed by atoms with Crippen LogP contribution in [-0.2, 0) is 8.85 Å². The first kappa shape index (κ1) is 46.8. The molecule has 1 aliphatic rings. The van der Waals surface area contributed by atoms with Crippen LogP contribution in [0.25, 0.3) is 0 Å². The molecule has 304 valence electrons. The molecule has 55 heavy (non-hydrogen) atoms. The maximum absolute atomic E-state index is 11.0. The maximum Gasteiger partial charge on any atom is 0.261 e. The van der Waals surface area contributed by atoms with Gasteiger partial charge in [0.05, 0.1) is 19.3 Å².